The van der Waals surface area contributed by atoms with Crippen LogP contribution in [0, 0.1) is 23.2 Å². The Kier molecular flexibility index (Phi) is 2.92. The lowest BCUT2D eigenvalue weighted by Crippen LogP contribution is -1.97. The minimum absolute atomic E-state index is 0.486. The van der Waals surface area contributed by atoms with Crippen LogP contribution in [0.2, 0.25) is 0 Å². The molecule has 0 fully saturated rings. The van der Waals surface area contributed by atoms with Crippen LogP contribution in [0.5, 0.6) is 0 Å². The maximum absolute atomic E-state index is 8.58. The van der Waals surface area contributed by atoms with Gasteiger partial charge in [0.2, 0.25) is 0 Å². The summed E-state index contributed by atoms with van der Waals surface area (Å²) >= 11 is 0. The summed E-state index contributed by atoms with van der Waals surface area (Å²) in [7, 11) is 0. The Balaban J connectivity index is 2.69. The first kappa shape index (κ1) is 9.32. The molecular formula is C11H17N. The molecule has 1 heteroatoms. The van der Waals surface area contributed by atoms with Crippen LogP contribution in [0.3, 0.4) is 0 Å². The summed E-state index contributed by atoms with van der Waals surface area (Å²) < 4.78 is 0. The Morgan fingerprint density at radius 2 is 2.33 bits per heavy atom. The van der Waals surface area contributed by atoms with Crippen molar-refractivity contribution in [3.8, 4) is 6.07 Å². The number of allylic oxidation sites excluding steroid dienone is 2. The average molecular weight is 163 g/mol. The van der Waals surface area contributed by atoms with Gasteiger partial charge in [0.15, 0.2) is 0 Å². The number of hydrogen-bond acceptors (Lipinski definition) is 1. The molecule has 0 aromatic carbocycles. The van der Waals surface area contributed by atoms with E-state index in [1.54, 1.807) is 5.57 Å². The van der Waals surface area contributed by atoms with Gasteiger partial charge in [-0.1, -0.05) is 25.0 Å². The average Bonchev–Trinajstić information content (AvgIpc) is 2.34. The van der Waals surface area contributed by atoms with Crippen LogP contribution in [-0.2, 0) is 0 Å². The highest BCUT2D eigenvalue weighted by atomic mass is 14.3. The second-order valence-corrected chi connectivity index (χ2v) is 3.91. The van der Waals surface area contributed by atoms with Crippen molar-refractivity contribution in [2.45, 2.75) is 40.0 Å². The highest BCUT2D eigenvalue weighted by molar-refractivity contribution is 5.22. The van der Waals surface area contributed by atoms with Crippen molar-refractivity contribution in [1.82, 2.24) is 0 Å². The SMILES string of the molecule is CC1=C(C(C)CC#N)CCC1C. The Labute approximate surface area is 75.1 Å². The lowest BCUT2D eigenvalue weighted by Gasteiger charge is -2.10. The van der Waals surface area contributed by atoms with Gasteiger partial charge in [0.25, 0.3) is 0 Å². The lowest BCUT2D eigenvalue weighted by atomic mass is 9.94. The summed E-state index contributed by atoms with van der Waals surface area (Å²) in [5.74, 6) is 1.24. The third kappa shape index (κ3) is 1.69. The molecular weight excluding hydrogens is 146 g/mol. The highest BCUT2D eigenvalue weighted by Crippen LogP contribution is 2.36. The Morgan fingerprint density at radius 3 is 2.75 bits per heavy atom. The van der Waals surface area contributed by atoms with E-state index in [0.717, 1.165) is 5.92 Å². The fraction of sp³-hybridized carbons (Fsp3) is 0.727. The van der Waals surface area contributed by atoms with Gasteiger partial charge in [-0.15, -0.1) is 0 Å². The second-order valence-electron chi connectivity index (χ2n) is 3.91. The number of rotatable bonds is 2. The zero-order chi connectivity index (χ0) is 9.14. The van der Waals surface area contributed by atoms with Crippen LogP contribution in [0.15, 0.2) is 11.1 Å². The monoisotopic (exact) mass is 163 g/mol. The molecule has 0 N–H and O–H groups in total. The van der Waals surface area contributed by atoms with Crippen molar-refractivity contribution < 1.29 is 0 Å². The van der Waals surface area contributed by atoms with E-state index in [2.05, 4.69) is 26.8 Å². The van der Waals surface area contributed by atoms with E-state index in [9.17, 15) is 0 Å². The first-order chi connectivity index (χ1) is 5.66. The molecule has 2 atom stereocenters. The molecule has 0 amide bonds. The summed E-state index contributed by atoms with van der Waals surface area (Å²) in [4.78, 5) is 0. The third-order valence-electron chi connectivity index (χ3n) is 3.08. The zero-order valence-corrected chi connectivity index (χ0v) is 8.22. The summed E-state index contributed by atoms with van der Waals surface area (Å²) in [5.41, 5.74) is 3.09. The topological polar surface area (TPSA) is 23.8 Å². The molecule has 0 aromatic heterocycles. The molecule has 1 aliphatic carbocycles. The lowest BCUT2D eigenvalue weighted by molar-refractivity contribution is 0.648. The maximum atomic E-state index is 8.58. The van der Waals surface area contributed by atoms with Gasteiger partial charge in [-0.2, -0.15) is 5.26 Å². The number of nitrogens with zero attached hydrogens (tertiary/aromatic N) is 1. The van der Waals surface area contributed by atoms with Crippen LogP contribution in [0.25, 0.3) is 0 Å². The second kappa shape index (κ2) is 3.76. The predicted octanol–water partition coefficient (Wildman–Crippen LogP) is 3.28. The van der Waals surface area contributed by atoms with E-state index in [-0.39, 0.29) is 0 Å². The normalized spacial score (nSPS) is 25.7. The Morgan fingerprint density at radius 1 is 1.67 bits per heavy atom. The molecule has 0 saturated carbocycles. The largest absolute Gasteiger partial charge is 0.198 e. The maximum Gasteiger partial charge on any atom is 0.0627 e. The smallest absolute Gasteiger partial charge is 0.0627 e. The van der Waals surface area contributed by atoms with Crippen LogP contribution in [0.1, 0.15) is 40.0 Å². The van der Waals surface area contributed by atoms with Gasteiger partial charge in [0.1, 0.15) is 0 Å². The van der Waals surface area contributed by atoms with E-state index in [4.69, 9.17) is 5.26 Å². The summed E-state index contributed by atoms with van der Waals surface area (Å²) in [5, 5.41) is 8.58. The summed E-state index contributed by atoms with van der Waals surface area (Å²) in [6.07, 6.45) is 3.19. The van der Waals surface area contributed by atoms with Gasteiger partial charge in [0.05, 0.1) is 6.07 Å². The summed E-state index contributed by atoms with van der Waals surface area (Å²) in [6, 6.07) is 2.25. The molecule has 0 saturated heterocycles. The van der Waals surface area contributed by atoms with Gasteiger partial charge < -0.3 is 0 Å². The Bertz CT molecular complexity index is 232. The van der Waals surface area contributed by atoms with Crippen molar-refractivity contribution in [2.75, 3.05) is 0 Å². The third-order valence-corrected chi connectivity index (χ3v) is 3.08. The van der Waals surface area contributed by atoms with Gasteiger partial charge in [-0.25, -0.2) is 0 Å². The van der Waals surface area contributed by atoms with Crippen LogP contribution in [0.4, 0.5) is 0 Å². The van der Waals surface area contributed by atoms with Crippen molar-refractivity contribution in [3.05, 3.63) is 11.1 Å². The molecule has 0 spiro atoms. The van der Waals surface area contributed by atoms with Gasteiger partial charge >= 0.3 is 0 Å². The molecule has 12 heavy (non-hydrogen) atoms. The van der Waals surface area contributed by atoms with Crippen molar-refractivity contribution in [2.24, 2.45) is 11.8 Å². The van der Waals surface area contributed by atoms with Crippen LogP contribution >= 0.6 is 0 Å². The fourth-order valence-electron chi connectivity index (χ4n) is 2.00. The van der Waals surface area contributed by atoms with E-state index in [1.807, 2.05) is 0 Å². The molecule has 0 heterocycles. The van der Waals surface area contributed by atoms with Crippen molar-refractivity contribution >= 4 is 0 Å². The van der Waals surface area contributed by atoms with E-state index < -0.39 is 0 Å². The standard InChI is InChI=1S/C11H17N/c1-8-4-5-11(10(8)3)9(2)6-7-12/h8-9H,4-6H2,1-3H3. The molecule has 2 unspecified atom stereocenters. The highest BCUT2D eigenvalue weighted by Gasteiger charge is 2.21. The summed E-state index contributed by atoms with van der Waals surface area (Å²) in [6.45, 7) is 6.67. The van der Waals surface area contributed by atoms with E-state index in [1.165, 1.54) is 18.4 Å². The van der Waals surface area contributed by atoms with Crippen LogP contribution in [-0.4, -0.2) is 0 Å². The minimum Gasteiger partial charge on any atom is -0.198 e. The Hall–Kier alpha value is -0.770. The van der Waals surface area contributed by atoms with Gasteiger partial charge in [0, 0.05) is 6.42 Å². The molecule has 1 rings (SSSR count). The van der Waals surface area contributed by atoms with Crippen molar-refractivity contribution in [1.29, 1.82) is 5.26 Å². The molecule has 1 nitrogen and oxygen atoms in total. The molecule has 0 bridgehead atoms. The number of nitriles is 1. The quantitative estimate of drug-likeness (QED) is 0.573. The van der Waals surface area contributed by atoms with E-state index in [0.29, 0.717) is 12.3 Å². The predicted molar refractivity (Wildman–Crippen MR) is 50.5 cm³/mol. The first-order valence-electron chi connectivity index (χ1n) is 4.73. The molecule has 0 aliphatic heterocycles. The molecule has 0 radical (unpaired) electrons. The minimum atomic E-state index is 0.486. The fourth-order valence-corrected chi connectivity index (χ4v) is 2.00. The van der Waals surface area contributed by atoms with Gasteiger partial charge in [-0.3, -0.25) is 0 Å². The first-order valence-corrected chi connectivity index (χ1v) is 4.73. The van der Waals surface area contributed by atoms with Crippen molar-refractivity contribution in [3.63, 3.8) is 0 Å². The zero-order valence-electron chi connectivity index (χ0n) is 8.22. The number of hydrogen-bond donors (Lipinski definition) is 0. The molecule has 66 valence electrons. The molecule has 0 aromatic rings. The molecule has 1 aliphatic rings. The van der Waals surface area contributed by atoms with Gasteiger partial charge in [-0.05, 0) is 31.6 Å². The van der Waals surface area contributed by atoms with Crippen LogP contribution < -0.4 is 0 Å². The van der Waals surface area contributed by atoms with E-state index >= 15 is 0 Å².